The maximum Gasteiger partial charge on any atom is 0.259 e. The van der Waals surface area contributed by atoms with E-state index in [1.165, 1.54) is 0 Å². The highest BCUT2D eigenvalue weighted by molar-refractivity contribution is 6.06. The summed E-state index contributed by atoms with van der Waals surface area (Å²) in [6, 6.07) is 11.4. The molecule has 3 heterocycles. The van der Waals surface area contributed by atoms with E-state index in [1.807, 2.05) is 48.2 Å². The van der Waals surface area contributed by atoms with Crippen molar-refractivity contribution in [3.63, 3.8) is 0 Å². The van der Waals surface area contributed by atoms with Crippen LogP contribution < -0.4 is 5.32 Å². The molecule has 7 nitrogen and oxygen atoms in total. The summed E-state index contributed by atoms with van der Waals surface area (Å²) >= 11 is 0. The molecule has 0 radical (unpaired) electrons. The highest BCUT2D eigenvalue weighted by atomic mass is 16.5. The fourth-order valence-electron chi connectivity index (χ4n) is 4.15. The molecule has 1 N–H and O–H groups in total. The quantitative estimate of drug-likeness (QED) is 0.712. The van der Waals surface area contributed by atoms with Gasteiger partial charge in [0.1, 0.15) is 0 Å². The molecule has 1 aliphatic carbocycles. The first kappa shape index (κ1) is 18.8. The lowest BCUT2D eigenvalue weighted by Gasteiger charge is -2.31. The number of aryl methyl sites for hydroxylation is 1. The number of hydrogen-bond acceptors (Lipinski definition) is 5. The van der Waals surface area contributed by atoms with E-state index in [2.05, 4.69) is 15.5 Å². The lowest BCUT2D eigenvalue weighted by molar-refractivity contribution is -0.121. The number of aromatic nitrogens is 2. The Labute approximate surface area is 174 Å². The Morgan fingerprint density at radius 3 is 2.53 bits per heavy atom. The standard InChI is InChI=1S/C23H24N4O3/c1-14-20-18(13-19(15-7-8-15)25-22(20)30-26-14)23(29)27-11-9-16(10-12-27)21(28)24-17-5-3-2-4-6-17/h2-6,13,15-16H,7-12H2,1H3,(H,24,28). The van der Waals surface area contributed by atoms with Gasteiger partial charge >= 0.3 is 0 Å². The molecule has 154 valence electrons. The van der Waals surface area contributed by atoms with E-state index in [0.29, 0.717) is 54.2 Å². The van der Waals surface area contributed by atoms with E-state index < -0.39 is 0 Å². The number of nitrogens with zero attached hydrogens (tertiary/aromatic N) is 3. The minimum atomic E-state index is -0.0916. The largest absolute Gasteiger partial charge is 0.339 e. The van der Waals surface area contributed by atoms with Crippen LogP contribution in [0.3, 0.4) is 0 Å². The van der Waals surface area contributed by atoms with Crippen LogP contribution in [0, 0.1) is 12.8 Å². The molecule has 2 aromatic heterocycles. The predicted molar refractivity (Wildman–Crippen MR) is 112 cm³/mol. The Hall–Kier alpha value is -3.22. The molecule has 7 heteroatoms. The summed E-state index contributed by atoms with van der Waals surface area (Å²) in [5, 5.41) is 7.69. The van der Waals surface area contributed by atoms with Crippen molar-refractivity contribution in [2.24, 2.45) is 5.92 Å². The molecule has 1 aromatic carbocycles. The van der Waals surface area contributed by atoms with Crippen molar-refractivity contribution in [2.75, 3.05) is 18.4 Å². The van der Waals surface area contributed by atoms with Gasteiger partial charge in [0.2, 0.25) is 5.91 Å². The van der Waals surface area contributed by atoms with Gasteiger partial charge in [-0.3, -0.25) is 9.59 Å². The lowest BCUT2D eigenvalue weighted by Crippen LogP contribution is -2.41. The molecule has 1 saturated heterocycles. The summed E-state index contributed by atoms with van der Waals surface area (Å²) in [4.78, 5) is 32.3. The SMILES string of the molecule is Cc1noc2nc(C3CC3)cc(C(=O)N3CCC(C(=O)Nc4ccccc4)CC3)c12. The summed E-state index contributed by atoms with van der Waals surface area (Å²) < 4.78 is 5.37. The second-order valence-electron chi connectivity index (χ2n) is 8.24. The number of hydrogen-bond donors (Lipinski definition) is 1. The maximum absolute atomic E-state index is 13.4. The van der Waals surface area contributed by atoms with Crippen molar-refractivity contribution in [3.8, 4) is 0 Å². The van der Waals surface area contributed by atoms with Crippen LogP contribution in [0.25, 0.3) is 11.1 Å². The Bertz CT molecular complexity index is 1100. The maximum atomic E-state index is 13.4. The number of amides is 2. The van der Waals surface area contributed by atoms with Crippen LogP contribution in [0.5, 0.6) is 0 Å². The summed E-state index contributed by atoms with van der Waals surface area (Å²) in [5.74, 6) is 0.313. The molecular weight excluding hydrogens is 380 g/mol. The molecule has 1 saturated carbocycles. The first-order chi connectivity index (χ1) is 14.6. The third kappa shape index (κ3) is 3.56. The van der Waals surface area contributed by atoms with Gasteiger partial charge in [-0.15, -0.1) is 0 Å². The monoisotopic (exact) mass is 404 g/mol. The second-order valence-corrected chi connectivity index (χ2v) is 8.24. The molecule has 0 atom stereocenters. The number of pyridine rings is 1. The van der Waals surface area contributed by atoms with Crippen LogP contribution in [0.4, 0.5) is 5.69 Å². The summed E-state index contributed by atoms with van der Waals surface area (Å²) in [6.45, 7) is 2.94. The highest BCUT2D eigenvalue weighted by Crippen LogP contribution is 2.40. The number of para-hydroxylation sites is 1. The number of nitrogens with one attached hydrogen (secondary N) is 1. The first-order valence-corrected chi connectivity index (χ1v) is 10.5. The van der Waals surface area contributed by atoms with Crippen molar-refractivity contribution in [1.82, 2.24) is 15.0 Å². The molecule has 2 aliphatic rings. The number of benzene rings is 1. The van der Waals surface area contributed by atoms with E-state index in [1.54, 1.807) is 0 Å². The third-order valence-electron chi connectivity index (χ3n) is 6.06. The van der Waals surface area contributed by atoms with Crippen LogP contribution in [-0.2, 0) is 4.79 Å². The number of carbonyl (C=O) groups is 2. The van der Waals surface area contributed by atoms with Gasteiger partial charge in [-0.25, -0.2) is 4.98 Å². The molecule has 0 spiro atoms. The zero-order valence-electron chi connectivity index (χ0n) is 16.9. The molecule has 3 aromatic rings. The van der Waals surface area contributed by atoms with Crippen molar-refractivity contribution in [2.45, 2.75) is 38.5 Å². The molecule has 0 unspecified atom stereocenters. The number of carbonyl (C=O) groups excluding carboxylic acids is 2. The second kappa shape index (κ2) is 7.55. The topological polar surface area (TPSA) is 88.3 Å². The van der Waals surface area contributed by atoms with Crippen LogP contribution in [0.15, 0.2) is 40.9 Å². The minimum absolute atomic E-state index is 0.0190. The average molecular weight is 404 g/mol. The highest BCUT2D eigenvalue weighted by Gasteiger charge is 2.32. The summed E-state index contributed by atoms with van der Waals surface area (Å²) in [6.07, 6.45) is 3.50. The predicted octanol–water partition coefficient (Wildman–Crippen LogP) is 3.90. The summed E-state index contributed by atoms with van der Waals surface area (Å²) in [7, 11) is 0. The zero-order chi connectivity index (χ0) is 20.7. The van der Waals surface area contributed by atoms with Gasteiger partial charge in [-0.1, -0.05) is 23.4 Å². The van der Waals surface area contributed by atoms with Gasteiger partial charge in [0, 0.05) is 36.3 Å². The lowest BCUT2D eigenvalue weighted by atomic mass is 9.95. The van der Waals surface area contributed by atoms with E-state index in [9.17, 15) is 9.59 Å². The van der Waals surface area contributed by atoms with E-state index in [-0.39, 0.29) is 17.7 Å². The fourth-order valence-corrected chi connectivity index (χ4v) is 4.15. The van der Waals surface area contributed by atoms with Gasteiger partial charge in [-0.2, -0.15) is 0 Å². The van der Waals surface area contributed by atoms with E-state index >= 15 is 0 Å². The normalized spacial score (nSPS) is 17.3. The molecule has 2 fully saturated rings. The minimum Gasteiger partial charge on any atom is -0.339 e. The van der Waals surface area contributed by atoms with Crippen LogP contribution in [0.1, 0.15) is 53.3 Å². The van der Waals surface area contributed by atoms with Crippen LogP contribution >= 0.6 is 0 Å². The van der Waals surface area contributed by atoms with Crippen LogP contribution in [-0.4, -0.2) is 39.9 Å². The molecular formula is C23H24N4O3. The van der Waals surface area contributed by atoms with Gasteiger partial charge in [0.15, 0.2) is 0 Å². The number of rotatable bonds is 4. The van der Waals surface area contributed by atoms with Gasteiger partial charge in [0.05, 0.1) is 16.6 Å². The van der Waals surface area contributed by atoms with Crippen molar-refractivity contribution < 1.29 is 14.1 Å². The molecule has 0 bridgehead atoms. The van der Waals surface area contributed by atoms with E-state index in [4.69, 9.17) is 4.52 Å². The zero-order valence-corrected chi connectivity index (χ0v) is 16.9. The first-order valence-electron chi connectivity index (χ1n) is 10.5. The third-order valence-corrected chi connectivity index (χ3v) is 6.06. The molecule has 2 amide bonds. The molecule has 5 rings (SSSR count). The molecule has 30 heavy (non-hydrogen) atoms. The Kier molecular flexibility index (Phi) is 4.73. The Balaban J connectivity index is 1.30. The number of fused-ring (bicyclic) bond motifs is 1. The fraction of sp³-hybridized carbons (Fsp3) is 0.391. The van der Waals surface area contributed by atoms with Crippen LogP contribution in [0.2, 0.25) is 0 Å². The van der Waals surface area contributed by atoms with Gasteiger partial charge < -0.3 is 14.7 Å². The van der Waals surface area contributed by atoms with Crippen molar-refractivity contribution >= 4 is 28.6 Å². The van der Waals surface area contributed by atoms with Gasteiger partial charge in [-0.05, 0) is 50.8 Å². The number of anilines is 1. The Morgan fingerprint density at radius 2 is 1.83 bits per heavy atom. The number of likely N-dealkylation sites (tertiary alicyclic amines) is 1. The van der Waals surface area contributed by atoms with Crippen molar-refractivity contribution in [1.29, 1.82) is 0 Å². The Morgan fingerprint density at radius 1 is 1.10 bits per heavy atom. The number of piperidine rings is 1. The summed E-state index contributed by atoms with van der Waals surface area (Å²) in [5.41, 5.74) is 3.46. The van der Waals surface area contributed by atoms with Gasteiger partial charge in [0.25, 0.3) is 11.6 Å². The smallest absolute Gasteiger partial charge is 0.259 e. The van der Waals surface area contributed by atoms with E-state index in [0.717, 1.165) is 24.2 Å². The molecule has 1 aliphatic heterocycles. The average Bonchev–Trinajstić information content (AvgIpc) is 3.57. The van der Waals surface area contributed by atoms with Crippen molar-refractivity contribution in [3.05, 3.63) is 53.3 Å².